The van der Waals surface area contributed by atoms with Crippen LogP contribution in [0.3, 0.4) is 0 Å². The van der Waals surface area contributed by atoms with Crippen LogP contribution < -0.4 is 14.8 Å². The van der Waals surface area contributed by atoms with E-state index in [2.05, 4.69) is 52.4 Å². The SMILES string of the molecule is CC(CCc1ccc2c(c1)OCO2)NCc1ccc(Br)s1. The average Bonchev–Trinajstić information content (AvgIpc) is 3.10. The number of hydrogen-bond acceptors (Lipinski definition) is 4. The number of thiophene rings is 1. The highest BCUT2D eigenvalue weighted by molar-refractivity contribution is 9.11. The van der Waals surface area contributed by atoms with Gasteiger partial charge in [0.1, 0.15) is 0 Å². The first kappa shape index (κ1) is 14.9. The fourth-order valence-corrected chi connectivity index (χ4v) is 3.74. The molecular weight excluding hydrogens is 350 g/mol. The predicted octanol–water partition coefficient (Wildman–Crippen LogP) is 4.35. The second kappa shape index (κ2) is 6.81. The molecule has 2 aromatic rings. The minimum Gasteiger partial charge on any atom is -0.454 e. The minimum atomic E-state index is 0.340. The van der Waals surface area contributed by atoms with Crippen LogP contribution in [0.5, 0.6) is 11.5 Å². The number of fused-ring (bicyclic) bond motifs is 1. The molecule has 1 unspecified atom stereocenters. The Labute approximate surface area is 137 Å². The van der Waals surface area contributed by atoms with E-state index in [9.17, 15) is 0 Å². The number of rotatable bonds is 6. The molecule has 112 valence electrons. The molecule has 1 atom stereocenters. The Hall–Kier alpha value is -1.04. The quantitative estimate of drug-likeness (QED) is 0.822. The Balaban J connectivity index is 1.46. The molecule has 0 amide bonds. The lowest BCUT2D eigenvalue weighted by atomic mass is 10.1. The Morgan fingerprint density at radius 3 is 2.90 bits per heavy atom. The zero-order valence-electron chi connectivity index (χ0n) is 11.9. The van der Waals surface area contributed by atoms with E-state index >= 15 is 0 Å². The van der Waals surface area contributed by atoms with E-state index in [0.717, 1.165) is 30.9 Å². The van der Waals surface area contributed by atoms with Crippen LogP contribution in [-0.4, -0.2) is 12.8 Å². The molecule has 1 aromatic heterocycles. The summed E-state index contributed by atoms with van der Waals surface area (Å²) in [6.45, 7) is 3.50. The van der Waals surface area contributed by atoms with Crippen molar-refractivity contribution in [1.29, 1.82) is 0 Å². The van der Waals surface area contributed by atoms with Crippen molar-refractivity contribution in [1.82, 2.24) is 5.32 Å². The Morgan fingerprint density at radius 2 is 2.10 bits per heavy atom. The molecule has 0 bridgehead atoms. The number of benzene rings is 1. The summed E-state index contributed by atoms with van der Waals surface area (Å²) < 4.78 is 11.9. The van der Waals surface area contributed by atoms with Crippen molar-refractivity contribution in [3.63, 3.8) is 0 Å². The Morgan fingerprint density at radius 1 is 1.24 bits per heavy atom. The molecule has 1 aliphatic rings. The van der Waals surface area contributed by atoms with Crippen LogP contribution in [0.15, 0.2) is 34.1 Å². The van der Waals surface area contributed by atoms with Crippen molar-refractivity contribution in [3.05, 3.63) is 44.6 Å². The number of aryl methyl sites for hydroxylation is 1. The zero-order valence-corrected chi connectivity index (χ0v) is 14.3. The molecule has 0 radical (unpaired) electrons. The smallest absolute Gasteiger partial charge is 0.231 e. The monoisotopic (exact) mass is 367 g/mol. The highest BCUT2D eigenvalue weighted by Gasteiger charge is 2.13. The largest absolute Gasteiger partial charge is 0.454 e. The highest BCUT2D eigenvalue weighted by atomic mass is 79.9. The average molecular weight is 368 g/mol. The van der Waals surface area contributed by atoms with Crippen molar-refractivity contribution >= 4 is 27.3 Å². The molecule has 3 nitrogen and oxygen atoms in total. The molecule has 0 saturated heterocycles. The van der Waals surface area contributed by atoms with Crippen LogP contribution in [0.4, 0.5) is 0 Å². The van der Waals surface area contributed by atoms with E-state index in [4.69, 9.17) is 9.47 Å². The second-order valence-electron chi connectivity index (χ2n) is 5.21. The molecule has 5 heteroatoms. The molecule has 0 fully saturated rings. The first-order chi connectivity index (χ1) is 10.2. The number of hydrogen-bond donors (Lipinski definition) is 1. The number of halogens is 1. The Kier molecular flexibility index (Phi) is 4.83. The van der Waals surface area contributed by atoms with E-state index in [1.807, 2.05) is 6.07 Å². The summed E-state index contributed by atoms with van der Waals surface area (Å²) in [5, 5.41) is 3.57. The van der Waals surface area contributed by atoms with Gasteiger partial charge >= 0.3 is 0 Å². The van der Waals surface area contributed by atoms with Crippen molar-refractivity contribution in [2.45, 2.75) is 32.4 Å². The van der Waals surface area contributed by atoms with Gasteiger partial charge in [0, 0.05) is 17.5 Å². The first-order valence-electron chi connectivity index (χ1n) is 7.07. The Bertz CT molecular complexity index is 614. The fraction of sp³-hybridized carbons (Fsp3) is 0.375. The van der Waals surface area contributed by atoms with Gasteiger partial charge in [0.15, 0.2) is 11.5 Å². The molecule has 2 heterocycles. The van der Waals surface area contributed by atoms with E-state index in [1.54, 1.807) is 11.3 Å². The maximum atomic E-state index is 5.41. The van der Waals surface area contributed by atoms with Gasteiger partial charge in [-0.15, -0.1) is 11.3 Å². The third kappa shape index (κ3) is 3.99. The summed E-state index contributed by atoms with van der Waals surface area (Å²) in [4.78, 5) is 1.36. The topological polar surface area (TPSA) is 30.5 Å². The van der Waals surface area contributed by atoms with Gasteiger partial charge in [0.25, 0.3) is 0 Å². The van der Waals surface area contributed by atoms with Gasteiger partial charge in [-0.2, -0.15) is 0 Å². The van der Waals surface area contributed by atoms with Crippen LogP contribution in [0.2, 0.25) is 0 Å². The maximum absolute atomic E-state index is 5.41. The minimum absolute atomic E-state index is 0.340. The van der Waals surface area contributed by atoms with Crippen LogP contribution in [0.25, 0.3) is 0 Å². The molecular formula is C16H18BrNO2S. The van der Waals surface area contributed by atoms with Gasteiger partial charge in [0.05, 0.1) is 3.79 Å². The van der Waals surface area contributed by atoms with E-state index in [-0.39, 0.29) is 0 Å². The van der Waals surface area contributed by atoms with Gasteiger partial charge in [-0.05, 0) is 65.5 Å². The molecule has 0 saturated carbocycles. The van der Waals surface area contributed by atoms with Gasteiger partial charge in [-0.25, -0.2) is 0 Å². The number of nitrogens with one attached hydrogen (secondary N) is 1. The van der Waals surface area contributed by atoms with Crippen LogP contribution >= 0.6 is 27.3 Å². The van der Waals surface area contributed by atoms with E-state index in [1.165, 1.54) is 14.2 Å². The van der Waals surface area contributed by atoms with E-state index in [0.29, 0.717) is 12.8 Å². The lowest BCUT2D eigenvalue weighted by Gasteiger charge is -2.13. The van der Waals surface area contributed by atoms with Crippen molar-refractivity contribution < 1.29 is 9.47 Å². The van der Waals surface area contributed by atoms with Gasteiger partial charge in [-0.3, -0.25) is 0 Å². The van der Waals surface area contributed by atoms with E-state index < -0.39 is 0 Å². The predicted molar refractivity (Wildman–Crippen MR) is 89.2 cm³/mol. The molecule has 0 spiro atoms. The summed E-state index contributed by atoms with van der Waals surface area (Å²) in [5.74, 6) is 1.73. The molecule has 1 aromatic carbocycles. The highest BCUT2D eigenvalue weighted by Crippen LogP contribution is 2.32. The third-order valence-corrected chi connectivity index (χ3v) is 5.18. The van der Waals surface area contributed by atoms with Crippen molar-refractivity contribution in [2.75, 3.05) is 6.79 Å². The molecule has 3 rings (SSSR count). The van der Waals surface area contributed by atoms with Crippen molar-refractivity contribution in [3.8, 4) is 11.5 Å². The normalized spacial score (nSPS) is 14.4. The molecule has 1 aliphatic heterocycles. The molecule has 0 aliphatic carbocycles. The lowest BCUT2D eigenvalue weighted by Crippen LogP contribution is -2.25. The van der Waals surface area contributed by atoms with Gasteiger partial charge < -0.3 is 14.8 Å². The van der Waals surface area contributed by atoms with Gasteiger partial charge in [-0.1, -0.05) is 6.07 Å². The molecule has 1 N–H and O–H groups in total. The fourth-order valence-electron chi connectivity index (χ4n) is 2.30. The second-order valence-corrected chi connectivity index (χ2v) is 7.76. The summed E-state index contributed by atoms with van der Waals surface area (Å²) >= 11 is 5.28. The third-order valence-electron chi connectivity index (χ3n) is 3.56. The molecule has 21 heavy (non-hydrogen) atoms. The summed E-state index contributed by atoms with van der Waals surface area (Å²) in [7, 11) is 0. The van der Waals surface area contributed by atoms with Crippen LogP contribution in [0, 0.1) is 0 Å². The summed E-state index contributed by atoms with van der Waals surface area (Å²) in [5.41, 5.74) is 1.30. The van der Waals surface area contributed by atoms with Crippen molar-refractivity contribution in [2.24, 2.45) is 0 Å². The van der Waals surface area contributed by atoms with Crippen LogP contribution in [0.1, 0.15) is 23.8 Å². The van der Waals surface area contributed by atoms with Crippen LogP contribution in [-0.2, 0) is 13.0 Å². The summed E-state index contributed by atoms with van der Waals surface area (Å²) in [6, 6.07) is 10.9. The standard InChI is InChI=1S/C16H18BrNO2S/c1-11(18-9-13-5-7-16(17)21-13)2-3-12-4-6-14-15(8-12)20-10-19-14/h4-8,11,18H,2-3,9-10H2,1H3. The zero-order chi connectivity index (χ0) is 14.7. The maximum Gasteiger partial charge on any atom is 0.231 e. The van der Waals surface area contributed by atoms with Gasteiger partial charge in [0.2, 0.25) is 6.79 Å². The lowest BCUT2D eigenvalue weighted by molar-refractivity contribution is 0.174. The summed E-state index contributed by atoms with van der Waals surface area (Å²) in [6.07, 6.45) is 2.14. The number of ether oxygens (including phenoxy) is 2. The first-order valence-corrected chi connectivity index (χ1v) is 8.68.